The van der Waals surface area contributed by atoms with Gasteiger partial charge >= 0.3 is 7.82 Å². The molecule has 9 heteroatoms. The summed E-state index contributed by atoms with van der Waals surface area (Å²) in [5.41, 5.74) is 0. The van der Waals surface area contributed by atoms with Crippen LogP contribution in [0, 0.1) is 0 Å². The summed E-state index contributed by atoms with van der Waals surface area (Å²) in [6, 6.07) is -0.563. The minimum absolute atomic E-state index is 0.235. The summed E-state index contributed by atoms with van der Waals surface area (Å²) in [5, 5.41) is -0.245. The number of methoxy groups -OCH3 is 1. The quantitative estimate of drug-likeness (QED) is 0.558. The molecule has 1 fully saturated rings. The summed E-state index contributed by atoms with van der Waals surface area (Å²) in [4.78, 5) is 9.33. The van der Waals surface area contributed by atoms with E-state index < -0.39 is 26.0 Å². The fourth-order valence-electron chi connectivity index (χ4n) is 1.65. The van der Waals surface area contributed by atoms with Gasteiger partial charge in [0.15, 0.2) is 0 Å². The molecule has 0 spiro atoms. The molecule has 0 bridgehead atoms. The predicted octanol–water partition coefficient (Wildman–Crippen LogP) is 0.390. The van der Waals surface area contributed by atoms with E-state index in [1.807, 2.05) is 6.26 Å². The Morgan fingerprint density at radius 1 is 1.53 bits per heavy atom. The topological polar surface area (TPSA) is 74.2 Å². The van der Waals surface area contributed by atoms with Crippen molar-refractivity contribution in [1.29, 1.82) is 0 Å². The first kappa shape index (κ1) is 15.5. The Morgan fingerprint density at radius 2 is 2.18 bits per heavy atom. The summed E-state index contributed by atoms with van der Waals surface area (Å²) in [6.45, 7) is 0.235. The average Bonchev–Trinajstić information content (AvgIpc) is 2.55. The van der Waals surface area contributed by atoms with E-state index in [9.17, 15) is 9.46 Å². The van der Waals surface area contributed by atoms with Crippen LogP contribution < -0.4 is 0 Å². The minimum Gasteiger partial charge on any atom is -0.382 e. The SMILES string of the molecule is [B][C@@H]1O[C@H](COC)[C@@H](OP(=O)(O)OC)C1SC. The second-order valence-electron chi connectivity index (χ2n) is 3.52. The van der Waals surface area contributed by atoms with E-state index in [-0.39, 0.29) is 11.9 Å². The molecule has 2 unspecified atom stereocenters. The summed E-state index contributed by atoms with van der Waals surface area (Å²) in [7, 11) is 4.32. The van der Waals surface area contributed by atoms with Crippen molar-refractivity contribution in [2.45, 2.75) is 23.5 Å². The molecule has 6 nitrogen and oxygen atoms in total. The van der Waals surface area contributed by atoms with Crippen molar-refractivity contribution >= 4 is 27.4 Å². The van der Waals surface area contributed by atoms with E-state index in [0.29, 0.717) is 0 Å². The van der Waals surface area contributed by atoms with Crippen molar-refractivity contribution in [2.24, 2.45) is 0 Å². The highest BCUT2D eigenvalue weighted by Gasteiger charge is 2.45. The largest absolute Gasteiger partial charge is 0.472 e. The highest BCUT2D eigenvalue weighted by atomic mass is 32.2. The van der Waals surface area contributed by atoms with E-state index in [2.05, 4.69) is 4.52 Å². The van der Waals surface area contributed by atoms with Gasteiger partial charge in [0.2, 0.25) is 0 Å². The summed E-state index contributed by atoms with van der Waals surface area (Å²) >= 11 is 1.41. The molecule has 1 rings (SSSR count). The molecule has 0 saturated carbocycles. The highest BCUT2D eigenvalue weighted by molar-refractivity contribution is 7.99. The molecular weight excluding hydrogens is 266 g/mol. The zero-order chi connectivity index (χ0) is 13.1. The fraction of sp³-hybridized carbons (Fsp3) is 1.00. The van der Waals surface area contributed by atoms with Crippen LogP contribution >= 0.6 is 19.6 Å². The second kappa shape index (κ2) is 6.56. The van der Waals surface area contributed by atoms with Crippen LogP contribution in [-0.2, 0) is 23.1 Å². The normalized spacial score (nSPS) is 36.9. The van der Waals surface area contributed by atoms with Gasteiger partial charge in [-0.3, -0.25) is 9.05 Å². The van der Waals surface area contributed by atoms with Crippen molar-refractivity contribution in [3.8, 4) is 0 Å². The van der Waals surface area contributed by atoms with Gasteiger partial charge in [0.25, 0.3) is 0 Å². The van der Waals surface area contributed by atoms with Gasteiger partial charge in [0.1, 0.15) is 20.1 Å². The zero-order valence-corrected chi connectivity index (χ0v) is 11.6. The average molecular weight is 282 g/mol. The molecule has 1 heterocycles. The molecule has 0 aliphatic carbocycles. The van der Waals surface area contributed by atoms with Gasteiger partial charge in [0, 0.05) is 20.2 Å². The maximum Gasteiger partial charge on any atom is 0.472 e. The van der Waals surface area contributed by atoms with Gasteiger partial charge in [-0.05, 0) is 6.26 Å². The van der Waals surface area contributed by atoms with Crippen LogP contribution in [0.3, 0.4) is 0 Å². The van der Waals surface area contributed by atoms with E-state index in [1.54, 1.807) is 0 Å². The zero-order valence-electron chi connectivity index (χ0n) is 9.94. The Bertz CT molecular complexity index is 293. The van der Waals surface area contributed by atoms with Crippen LogP contribution in [0.1, 0.15) is 0 Å². The lowest BCUT2D eigenvalue weighted by Crippen LogP contribution is -2.34. The molecule has 1 saturated heterocycles. The van der Waals surface area contributed by atoms with Gasteiger partial charge in [-0.1, -0.05) is 0 Å². The Balaban J connectivity index is 2.77. The number of hydrogen-bond acceptors (Lipinski definition) is 6. The molecule has 98 valence electrons. The number of rotatable bonds is 6. The number of ether oxygens (including phenoxy) is 2. The number of phosphoric ester groups is 1. The van der Waals surface area contributed by atoms with Crippen LogP contribution in [0.25, 0.3) is 0 Å². The Hall–Kier alpha value is 0.445. The van der Waals surface area contributed by atoms with Crippen LogP contribution in [0.5, 0.6) is 0 Å². The molecule has 2 radical (unpaired) electrons. The first-order chi connectivity index (χ1) is 7.95. The maximum atomic E-state index is 11.4. The standard InChI is InChI=1S/C8H16BO6PS/c1-12-4-5-6(15-16(10,11)13-2)7(17-3)8(9)14-5/h5-8H,4H2,1-3H3,(H,10,11)/t5-,6-,7?,8-/m1/s1. The van der Waals surface area contributed by atoms with Gasteiger partial charge in [-0.2, -0.15) is 11.8 Å². The van der Waals surface area contributed by atoms with Crippen LogP contribution in [0.4, 0.5) is 0 Å². The Morgan fingerprint density at radius 3 is 2.65 bits per heavy atom. The first-order valence-electron chi connectivity index (χ1n) is 4.95. The van der Waals surface area contributed by atoms with E-state index >= 15 is 0 Å². The molecule has 1 N–H and O–H groups in total. The van der Waals surface area contributed by atoms with Crippen molar-refractivity contribution in [3.05, 3.63) is 0 Å². The molecule has 1 aliphatic heterocycles. The van der Waals surface area contributed by atoms with E-state index in [4.69, 9.17) is 21.8 Å². The van der Waals surface area contributed by atoms with Crippen molar-refractivity contribution in [3.63, 3.8) is 0 Å². The number of thioether (sulfide) groups is 1. The van der Waals surface area contributed by atoms with Gasteiger partial charge in [-0.15, -0.1) is 0 Å². The molecule has 0 aromatic carbocycles. The van der Waals surface area contributed by atoms with Crippen molar-refractivity contribution in [1.82, 2.24) is 0 Å². The van der Waals surface area contributed by atoms with Crippen molar-refractivity contribution < 1.29 is 28.0 Å². The number of hydrogen-bond donors (Lipinski definition) is 1. The van der Waals surface area contributed by atoms with E-state index in [1.165, 1.54) is 18.9 Å². The summed E-state index contributed by atoms with van der Waals surface area (Å²) in [5.74, 6) is 0. The molecule has 0 amide bonds. The Labute approximate surface area is 106 Å². The lowest BCUT2D eigenvalue weighted by molar-refractivity contribution is -0.0182. The molecule has 5 atom stereocenters. The van der Waals surface area contributed by atoms with Gasteiger partial charge in [-0.25, -0.2) is 4.57 Å². The maximum absolute atomic E-state index is 11.4. The fourth-order valence-corrected chi connectivity index (χ4v) is 3.22. The monoisotopic (exact) mass is 282 g/mol. The molecule has 0 aromatic heterocycles. The lowest BCUT2D eigenvalue weighted by Gasteiger charge is -2.23. The predicted molar refractivity (Wildman–Crippen MR) is 65.3 cm³/mol. The molecule has 0 aromatic rings. The summed E-state index contributed by atoms with van der Waals surface area (Å²) < 4.78 is 31.3. The molecule has 1 aliphatic rings. The van der Waals surface area contributed by atoms with Crippen LogP contribution in [0.2, 0.25) is 0 Å². The first-order valence-corrected chi connectivity index (χ1v) is 7.73. The third-order valence-corrected chi connectivity index (χ3v) is 4.49. The highest BCUT2D eigenvalue weighted by Crippen LogP contribution is 2.47. The third-order valence-electron chi connectivity index (χ3n) is 2.43. The minimum atomic E-state index is -4.07. The summed E-state index contributed by atoms with van der Waals surface area (Å²) in [6.07, 6.45) is 0.702. The van der Waals surface area contributed by atoms with Crippen LogP contribution in [0.15, 0.2) is 0 Å². The number of phosphoric acid groups is 1. The van der Waals surface area contributed by atoms with Gasteiger partial charge in [0.05, 0.1) is 11.9 Å². The lowest BCUT2D eigenvalue weighted by atomic mass is 9.95. The van der Waals surface area contributed by atoms with E-state index in [0.717, 1.165) is 7.11 Å². The third kappa shape index (κ3) is 3.96. The van der Waals surface area contributed by atoms with Crippen molar-refractivity contribution in [2.75, 3.05) is 27.1 Å². The molecule has 17 heavy (non-hydrogen) atoms. The molecular formula is C8H16BO6PS. The van der Waals surface area contributed by atoms with Gasteiger partial charge < -0.3 is 14.4 Å². The van der Waals surface area contributed by atoms with Crippen LogP contribution in [-0.4, -0.2) is 63.3 Å². The smallest absolute Gasteiger partial charge is 0.382 e. The Kier molecular flexibility index (Phi) is 5.99. The second-order valence-corrected chi connectivity index (χ2v) is 6.04.